The van der Waals surface area contributed by atoms with Gasteiger partial charge in [0.2, 0.25) is 10.0 Å². The number of nitrogens with one attached hydrogen (secondary N) is 1. The van der Waals surface area contributed by atoms with Gasteiger partial charge in [0.25, 0.3) is 0 Å². The maximum Gasteiger partial charge on any atom is 0.416 e. The highest BCUT2D eigenvalue weighted by atomic mass is 32.2. The molecule has 0 aromatic heterocycles. The van der Waals surface area contributed by atoms with E-state index in [1.165, 1.54) is 12.1 Å². The summed E-state index contributed by atoms with van der Waals surface area (Å²) in [7, 11) is -3.23. The fourth-order valence-corrected chi connectivity index (χ4v) is 3.23. The van der Waals surface area contributed by atoms with Crippen LogP contribution in [0.15, 0.2) is 24.3 Å². The van der Waals surface area contributed by atoms with E-state index >= 15 is 0 Å². The summed E-state index contributed by atoms with van der Waals surface area (Å²) in [5.74, 6) is 0. The van der Waals surface area contributed by atoms with Crippen molar-refractivity contribution < 1.29 is 21.6 Å². The number of alkyl halides is 3. The van der Waals surface area contributed by atoms with Gasteiger partial charge >= 0.3 is 6.18 Å². The van der Waals surface area contributed by atoms with Gasteiger partial charge in [0.05, 0.1) is 11.8 Å². The molecule has 1 aliphatic rings. The average Bonchev–Trinajstić information content (AvgIpc) is 2.73. The van der Waals surface area contributed by atoms with Crippen molar-refractivity contribution in [1.82, 2.24) is 9.62 Å². The van der Waals surface area contributed by atoms with Gasteiger partial charge in [0.1, 0.15) is 0 Å². The van der Waals surface area contributed by atoms with E-state index in [4.69, 9.17) is 0 Å². The third-order valence-electron chi connectivity index (χ3n) is 3.34. The first-order valence-corrected chi connectivity index (χ1v) is 8.38. The molecule has 1 atom stereocenters. The van der Waals surface area contributed by atoms with Crippen LogP contribution in [-0.4, -0.2) is 38.7 Å². The fourth-order valence-electron chi connectivity index (χ4n) is 2.43. The molecule has 21 heavy (non-hydrogen) atoms. The van der Waals surface area contributed by atoms with Crippen LogP contribution < -0.4 is 4.72 Å². The lowest BCUT2D eigenvalue weighted by Crippen LogP contribution is -2.36. The SMILES string of the molecule is CS(=O)(=O)N[C@@H]1CCN(Cc2ccc(C(F)(F)F)cc2)C1. The Morgan fingerprint density at radius 2 is 1.90 bits per heavy atom. The van der Waals surface area contributed by atoms with Crippen LogP contribution in [0.5, 0.6) is 0 Å². The number of likely N-dealkylation sites (tertiary alicyclic amines) is 1. The first-order valence-electron chi connectivity index (χ1n) is 6.49. The number of sulfonamides is 1. The van der Waals surface area contributed by atoms with Gasteiger partial charge in [-0.2, -0.15) is 13.2 Å². The summed E-state index contributed by atoms with van der Waals surface area (Å²) in [5, 5.41) is 0. The number of hydrogen-bond acceptors (Lipinski definition) is 3. The van der Waals surface area contributed by atoms with Crippen molar-refractivity contribution in [2.24, 2.45) is 0 Å². The molecule has 1 N–H and O–H groups in total. The van der Waals surface area contributed by atoms with Crippen molar-refractivity contribution in [3.05, 3.63) is 35.4 Å². The Kier molecular flexibility index (Phi) is 4.60. The third kappa shape index (κ3) is 4.98. The summed E-state index contributed by atoms with van der Waals surface area (Å²) >= 11 is 0. The molecular formula is C13H17F3N2O2S. The summed E-state index contributed by atoms with van der Waals surface area (Å²) in [5.41, 5.74) is 0.118. The summed E-state index contributed by atoms with van der Waals surface area (Å²) < 4.78 is 62.2. The normalized spacial score (nSPS) is 20.9. The Hall–Kier alpha value is -1.12. The van der Waals surface area contributed by atoms with E-state index in [9.17, 15) is 21.6 Å². The third-order valence-corrected chi connectivity index (χ3v) is 4.10. The van der Waals surface area contributed by atoms with E-state index in [1.807, 2.05) is 4.90 Å². The molecule has 1 heterocycles. The van der Waals surface area contributed by atoms with Gasteiger partial charge in [-0.05, 0) is 24.1 Å². The van der Waals surface area contributed by atoms with Gasteiger partial charge in [-0.25, -0.2) is 13.1 Å². The first kappa shape index (κ1) is 16.3. The summed E-state index contributed by atoms with van der Waals surface area (Å²) in [6.45, 7) is 1.79. The fraction of sp³-hybridized carbons (Fsp3) is 0.538. The molecule has 0 radical (unpaired) electrons. The molecule has 1 aromatic rings. The Morgan fingerprint density at radius 1 is 1.29 bits per heavy atom. The zero-order chi connectivity index (χ0) is 15.7. The molecule has 0 unspecified atom stereocenters. The molecule has 2 rings (SSSR count). The maximum atomic E-state index is 12.5. The Labute approximate surface area is 122 Å². The van der Waals surface area contributed by atoms with E-state index in [0.29, 0.717) is 26.1 Å². The van der Waals surface area contributed by atoms with E-state index in [2.05, 4.69) is 4.72 Å². The lowest BCUT2D eigenvalue weighted by molar-refractivity contribution is -0.137. The van der Waals surface area contributed by atoms with Gasteiger partial charge in [-0.3, -0.25) is 4.90 Å². The van der Waals surface area contributed by atoms with Crippen LogP contribution in [0.4, 0.5) is 13.2 Å². The number of rotatable bonds is 4. The number of hydrogen-bond donors (Lipinski definition) is 1. The Bertz CT molecular complexity index is 584. The molecule has 8 heteroatoms. The molecule has 4 nitrogen and oxygen atoms in total. The molecule has 0 saturated carbocycles. The molecule has 0 spiro atoms. The van der Waals surface area contributed by atoms with Crippen molar-refractivity contribution >= 4 is 10.0 Å². The number of nitrogens with zero attached hydrogens (tertiary/aromatic N) is 1. The summed E-state index contributed by atoms with van der Waals surface area (Å²) in [6, 6.07) is 4.92. The highest BCUT2D eigenvalue weighted by Crippen LogP contribution is 2.29. The number of halogens is 3. The zero-order valence-electron chi connectivity index (χ0n) is 11.5. The lowest BCUT2D eigenvalue weighted by atomic mass is 10.1. The predicted octanol–water partition coefficient (Wildman–Crippen LogP) is 1.83. The highest BCUT2D eigenvalue weighted by Gasteiger charge is 2.30. The second-order valence-electron chi connectivity index (χ2n) is 5.31. The van der Waals surface area contributed by atoms with E-state index in [1.54, 1.807) is 0 Å². The molecule has 118 valence electrons. The highest BCUT2D eigenvalue weighted by molar-refractivity contribution is 7.88. The minimum Gasteiger partial charge on any atom is -0.297 e. The average molecular weight is 322 g/mol. The summed E-state index contributed by atoms with van der Waals surface area (Å²) in [4.78, 5) is 2.02. The van der Waals surface area contributed by atoms with Crippen LogP contribution in [-0.2, 0) is 22.7 Å². The van der Waals surface area contributed by atoms with Crippen LogP contribution >= 0.6 is 0 Å². The van der Waals surface area contributed by atoms with Crippen molar-refractivity contribution in [1.29, 1.82) is 0 Å². The molecule has 1 aromatic carbocycles. The predicted molar refractivity (Wildman–Crippen MR) is 73.1 cm³/mol. The Morgan fingerprint density at radius 3 is 2.43 bits per heavy atom. The van der Waals surface area contributed by atoms with Gasteiger partial charge in [0.15, 0.2) is 0 Å². The van der Waals surface area contributed by atoms with Crippen molar-refractivity contribution in [3.63, 3.8) is 0 Å². The van der Waals surface area contributed by atoms with Crippen molar-refractivity contribution in [2.45, 2.75) is 25.2 Å². The van der Waals surface area contributed by atoms with Gasteiger partial charge in [0, 0.05) is 25.7 Å². The monoisotopic (exact) mass is 322 g/mol. The van der Waals surface area contributed by atoms with Crippen LogP contribution in [0.1, 0.15) is 17.5 Å². The largest absolute Gasteiger partial charge is 0.416 e. The van der Waals surface area contributed by atoms with Crippen molar-refractivity contribution in [3.8, 4) is 0 Å². The maximum absolute atomic E-state index is 12.5. The summed E-state index contributed by atoms with van der Waals surface area (Å²) in [6.07, 6.45) is -2.50. The quantitative estimate of drug-likeness (QED) is 0.920. The molecule has 1 saturated heterocycles. The van der Waals surface area contributed by atoms with E-state index in [-0.39, 0.29) is 6.04 Å². The zero-order valence-corrected chi connectivity index (χ0v) is 12.3. The second kappa shape index (κ2) is 5.94. The second-order valence-corrected chi connectivity index (χ2v) is 7.09. The Balaban J connectivity index is 1.91. The van der Waals surface area contributed by atoms with Gasteiger partial charge < -0.3 is 0 Å². The molecule has 1 fully saturated rings. The van der Waals surface area contributed by atoms with Gasteiger partial charge in [-0.1, -0.05) is 12.1 Å². The molecule has 0 aliphatic carbocycles. The molecular weight excluding hydrogens is 305 g/mol. The minimum absolute atomic E-state index is 0.130. The topological polar surface area (TPSA) is 49.4 Å². The van der Waals surface area contributed by atoms with E-state index in [0.717, 1.165) is 24.0 Å². The minimum atomic E-state index is -4.32. The van der Waals surface area contributed by atoms with E-state index < -0.39 is 21.8 Å². The standard InChI is InChI=1S/C13H17F3N2O2S/c1-21(19,20)17-12-6-7-18(9-12)8-10-2-4-11(5-3-10)13(14,15)16/h2-5,12,17H,6-9H2,1H3/t12-/m1/s1. The molecule has 0 amide bonds. The molecule has 1 aliphatic heterocycles. The lowest BCUT2D eigenvalue weighted by Gasteiger charge is -2.16. The van der Waals surface area contributed by atoms with Crippen LogP contribution in [0.3, 0.4) is 0 Å². The number of benzene rings is 1. The van der Waals surface area contributed by atoms with Crippen LogP contribution in [0.25, 0.3) is 0 Å². The first-order chi connectivity index (χ1) is 9.63. The van der Waals surface area contributed by atoms with Crippen LogP contribution in [0.2, 0.25) is 0 Å². The van der Waals surface area contributed by atoms with Crippen LogP contribution in [0, 0.1) is 0 Å². The van der Waals surface area contributed by atoms with Gasteiger partial charge in [-0.15, -0.1) is 0 Å². The van der Waals surface area contributed by atoms with Crippen molar-refractivity contribution in [2.75, 3.05) is 19.3 Å². The molecule has 0 bridgehead atoms. The smallest absolute Gasteiger partial charge is 0.297 e.